The Balaban J connectivity index is 1.50. The van der Waals surface area contributed by atoms with Crippen LogP contribution in [0.2, 0.25) is 5.02 Å². The molecule has 1 heterocycles. The number of benzene rings is 2. The maximum atomic E-state index is 12.2. The Bertz CT molecular complexity index is 839. The molecule has 6 nitrogen and oxygen atoms in total. The lowest BCUT2D eigenvalue weighted by Gasteiger charge is -2.28. The molecule has 0 unspecified atom stereocenters. The molecule has 2 aromatic carbocycles. The third-order valence-corrected chi connectivity index (χ3v) is 5.56. The minimum absolute atomic E-state index is 0.181. The molecule has 3 rings (SSSR count). The van der Waals surface area contributed by atoms with Crippen molar-refractivity contribution < 1.29 is 9.59 Å². The third kappa shape index (κ3) is 5.81. The molecule has 0 atom stereocenters. The van der Waals surface area contributed by atoms with Gasteiger partial charge in [-0.05, 0) is 35.9 Å². The second kappa shape index (κ2) is 9.71. The molecule has 3 N–H and O–H groups in total. The lowest BCUT2D eigenvalue weighted by atomic mass is 10.2. The lowest BCUT2D eigenvalue weighted by Crippen LogP contribution is -2.32. The maximum Gasteiger partial charge on any atom is 0.319 e. The minimum atomic E-state index is -0.341. The highest BCUT2D eigenvalue weighted by molar-refractivity contribution is 7.99. The molecule has 1 aliphatic heterocycles. The van der Waals surface area contributed by atoms with Gasteiger partial charge in [0.05, 0.1) is 10.7 Å². The summed E-state index contributed by atoms with van der Waals surface area (Å²) in [5.74, 6) is 2.15. The first-order valence-corrected chi connectivity index (χ1v) is 10.6. The van der Waals surface area contributed by atoms with Gasteiger partial charge in [0.25, 0.3) is 0 Å². The van der Waals surface area contributed by atoms with Crippen LogP contribution in [0.5, 0.6) is 0 Å². The fourth-order valence-electron chi connectivity index (χ4n) is 2.89. The first-order chi connectivity index (χ1) is 13.5. The number of halogens is 1. The van der Waals surface area contributed by atoms with Crippen LogP contribution >= 0.6 is 23.4 Å². The Morgan fingerprint density at radius 3 is 2.43 bits per heavy atom. The van der Waals surface area contributed by atoms with Gasteiger partial charge in [-0.1, -0.05) is 23.7 Å². The van der Waals surface area contributed by atoms with Crippen molar-refractivity contribution in [3.8, 4) is 0 Å². The van der Waals surface area contributed by atoms with E-state index in [0.717, 1.165) is 30.2 Å². The van der Waals surface area contributed by atoms with E-state index in [1.165, 1.54) is 12.6 Å². The van der Waals surface area contributed by atoms with Gasteiger partial charge >= 0.3 is 6.03 Å². The summed E-state index contributed by atoms with van der Waals surface area (Å²) in [6.07, 6.45) is 0. The van der Waals surface area contributed by atoms with Crippen LogP contribution in [0.4, 0.5) is 21.9 Å². The van der Waals surface area contributed by atoms with E-state index in [0.29, 0.717) is 22.9 Å². The summed E-state index contributed by atoms with van der Waals surface area (Å²) in [4.78, 5) is 25.6. The number of anilines is 3. The van der Waals surface area contributed by atoms with Crippen molar-refractivity contribution in [3.63, 3.8) is 0 Å². The van der Waals surface area contributed by atoms with E-state index in [2.05, 4.69) is 33.0 Å². The zero-order chi connectivity index (χ0) is 19.9. The number of hydrogen-bond donors (Lipinski definition) is 3. The molecule has 148 valence electrons. The number of nitrogens with zero attached hydrogens (tertiary/aromatic N) is 1. The van der Waals surface area contributed by atoms with Gasteiger partial charge in [0, 0.05) is 49.4 Å². The van der Waals surface area contributed by atoms with E-state index in [9.17, 15) is 9.59 Å². The van der Waals surface area contributed by atoms with E-state index in [-0.39, 0.29) is 11.9 Å². The first kappa shape index (κ1) is 20.4. The van der Waals surface area contributed by atoms with E-state index < -0.39 is 0 Å². The number of rotatable bonds is 5. The van der Waals surface area contributed by atoms with Crippen molar-refractivity contribution >= 4 is 52.4 Å². The van der Waals surface area contributed by atoms with Crippen molar-refractivity contribution in [2.75, 3.05) is 40.1 Å². The summed E-state index contributed by atoms with van der Waals surface area (Å²) < 4.78 is 0. The average molecular weight is 419 g/mol. The van der Waals surface area contributed by atoms with Crippen molar-refractivity contribution in [3.05, 3.63) is 53.1 Å². The minimum Gasteiger partial charge on any atom is -0.370 e. The van der Waals surface area contributed by atoms with Crippen LogP contribution in [0.3, 0.4) is 0 Å². The standard InChI is InChI=1S/C20H23ClN4O2S/c1-14(26)23-16-4-7-19(18(21)12-16)24-20(27)22-13-15-2-5-17(6-3-15)25-8-10-28-11-9-25/h2-7,12H,8-11,13H2,1H3,(H,23,26)(H2,22,24,27). The van der Waals surface area contributed by atoms with E-state index >= 15 is 0 Å². The predicted molar refractivity (Wildman–Crippen MR) is 118 cm³/mol. The number of carbonyl (C=O) groups is 2. The quantitative estimate of drug-likeness (QED) is 0.681. The summed E-state index contributed by atoms with van der Waals surface area (Å²) in [6, 6.07) is 12.9. The zero-order valence-corrected chi connectivity index (χ0v) is 17.2. The predicted octanol–water partition coefficient (Wildman–Crippen LogP) is 4.17. The summed E-state index contributed by atoms with van der Waals surface area (Å²) in [6.45, 7) is 3.99. The molecular weight excluding hydrogens is 396 g/mol. The Labute approximate surface area is 174 Å². The largest absolute Gasteiger partial charge is 0.370 e. The summed E-state index contributed by atoms with van der Waals surface area (Å²) in [7, 11) is 0. The maximum absolute atomic E-state index is 12.2. The van der Waals surface area contributed by atoms with Crippen molar-refractivity contribution in [1.82, 2.24) is 5.32 Å². The molecule has 2 aromatic rings. The molecule has 1 saturated heterocycles. The number of nitrogens with one attached hydrogen (secondary N) is 3. The van der Waals surface area contributed by atoms with Gasteiger partial charge in [-0.15, -0.1) is 0 Å². The van der Waals surface area contributed by atoms with Crippen LogP contribution in [-0.4, -0.2) is 36.5 Å². The highest BCUT2D eigenvalue weighted by Gasteiger charge is 2.11. The number of thioether (sulfide) groups is 1. The monoisotopic (exact) mass is 418 g/mol. The summed E-state index contributed by atoms with van der Waals surface area (Å²) in [5.41, 5.74) is 3.30. The average Bonchev–Trinajstić information content (AvgIpc) is 2.69. The van der Waals surface area contributed by atoms with Crippen molar-refractivity contribution in [1.29, 1.82) is 0 Å². The molecule has 28 heavy (non-hydrogen) atoms. The smallest absolute Gasteiger partial charge is 0.319 e. The molecule has 8 heteroatoms. The number of amides is 3. The number of urea groups is 1. The van der Waals surface area contributed by atoms with Crippen LogP contribution < -0.4 is 20.9 Å². The number of hydrogen-bond acceptors (Lipinski definition) is 4. The van der Waals surface area contributed by atoms with Gasteiger partial charge in [0.15, 0.2) is 0 Å². The van der Waals surface area contributed by atoms with Crippen LogP contribution in [0, 0.1) is 0 Å². The highest BCUT2D eigenvalue weighted by atomic mass is 35.5. The third-order valence-electron chi connectivity index (χ3n) is 4.30. The van der Waals surface area contributed by atoms with Crippen molar-refractivity contribution in [2.45, 2.75) is 13.5 Å². The molecule has 0 bridgehead atoms. The molecule has 1 fully saturated rings. The molecule has 0 spiro atoms. The van der Waals surface area contributed by atoms with Gasteiger partial charge in [0.1, 0.15) is 0 Å². The first-order valence-electron chi connectivity index (χ1n) is 9.05. The Morgan fingerprint density at radius 1 is 1.07 bits per heavy atom. The fourth-order valence-corrected chi connectivity index (χ4v) is 4.02. The van der Waals surface area contributed by atoms with Gasteiger partial charge < -0.3 is 20.9 Å². The fraction of sp³-hybridized carbons (Fsp3) is 0.300. The Hall–Kier alpha value is -2.38. The molecule has 1 aliphatic rings. The van der Waals surface area contributed by atoms with Crippen LogP contribution in [-0.2, 0) is 11.3 Å². The van der Waals surface area contributed by atoms with Crippen LogP contribution in [0.25, 0.3) is 0 Å². The second-order valence-corrected chi connectivity index (χ2v) is 8.08. The van der Waals surface area contributed by atoms with E-state index in [1.54, 1.807) is 18.2 Å². The van der Waals surface area contributed by atoms with Crippen LogP contribution in [0.15, 0.2) is 42.5 Å². The Kier molecular flexibility index (Phi) is 7.06. The van der Waals surface area contributed by atoms with Gasteiger partial charge in [-0.25, -0.2) is 4.79 Å². The molecule has 3 amide bonds. The highest BCUT2D eigenvalue weighted by Crippen LogP contribution is 2.25. The molecule has 0 saturated carbocycles. The van der Waals surface area contributed by atoms with Crippen molar-refractivity contribution in [2.24, 2.45) is 0 Å². The van der Waals surface area contributed by atoms with Gasteiger partial charge in [0.2, 0.25) is 5.91 Å². The normalized spacial score (nSPS) is 13.7. The van der Waals surface area contributed by atoms with E-state index in [4.69, 9.17) is 11.6 Å². The summed E-state index contributed by atoms with van der Waals surface area (Å²) in [5, 5.41) is 8.54. The molecular formula is C20H23ClN4O2S. The molecule has 0 aliphatic carbocycles. The SMILES string of the molecule is CC(=O)Nc1ccc(NC(=O)NCc2ccc(N3CCSCC3)cc2)c(Cl)c1. The van der Waals surface area contributed by atoms with Crippen LogP contribution in [0.1, 0.15) is 12.5 Å². The zero-order valence-electron chi connectivity index (χ0n) is 15.6. The number of carbonyl (C=O) groups excluding carboxylic acids is 2. The summed E-state index contributed by atoms with van der Waals surface area (Å²) >= 11 is 8.15. The van der Waals surface area contributed by atoms with Gasteiger partial charge in [-0.2, -0.15) is 11.8 Å². The topological polar surface area (TPSA) is 73.5 Å². The molecule has 0 radical (unpaired) electrons. The second-order valence-electron chi connectivity index (χ2n) is 6.45. The Morgan fingerprint density at radius 2 is 1.79 bits per heavy atom. The molecule has 0 aromatic heterocycles. The van der Waals surface area contributed by atoms with Gasteiger partial charge in [-0.3, -0.25) is 4.79 Å². The lowest BCUT2D eigenvalue weighted by molar-refractivity contribution is -0.114. The van der Waals surface area contributed by atoms with E-state index in [1.807, 2.05) is 23.9 Å².